The van der Waals surface area contributed by atoms with Gasteiger partial charge in [-0.2, -0.15) is 0 Å². The van der Waals surface area contributed by atoms with Gasteiger partial charge in [-0.05, 0) is 26.0 Å². The molecule has 0 radical (unpaired) electrons. The number of hydrogen-bond donors (Lipinski definition) is 3. The van der Waals surface area contributed by atoms with Crippen LogP contribution in [0, 0.1) is 5.82 Å². The van der Waals surface area contributed by atoms with Crippen molar-refractivity contribution >= 4 is 22.6 Å². The molecule has 118 valence electrons. The molecule has 0 saturated heterocycles. The van der Waals surface area contributed by atoms with E-state index in [0.29, 0.717) is 0 Å². The average Bonchev–Trinajstić information content (AvgIpc) is 2.38. The van der Waals surface area contributed by atoms with Crippen LogP contribution in [0.2, 0.25) is 0 Å². The van der Waals surface area contributed by atoms with Gasteiger partial charge < -0.3 is 15.4 Å². The van der Waals surface area contributed by atoms with Crippen LogP contribution in [0.15, 0.2) is 16.9 Å². The molecule has 0 fully saturated rings. The zero-order chi connectivity index (χ0) is 16.7. The predicted molar refractivity (Wildman–Crippen MR) is 72.6 cm³/mol. The monoisotopic (exact) mass is 315 g/mol. The van der Waals surface area contributed by atoms with Gasteiger partial charge in [-0.1, -0.05) is 0 Å². The van der Waals surface area contributed by atoms with Crippen molar-refractivity contribution in [2.75, 3.05) is 5.32 Å². The van der Waals surface area contributed by atoms with E-state index in [1.807, 2.05) is 4.98 Å². The Hall–Kier alpha value is -2.58. The first-order valence-corrected chi connectivity index (χ1v) is 6.15. The lowest BCUT2D eigenvalue weighted by molar-refractivity contribution is -0.141. The van der Waals surface area contributed by atoms with Gasteiger partial charge in [0.15, 0.2) is 11.6 Å². The summed E-state index contributed by atoms with van der Waals surface area (Å²) < 4.78 is 39.1. The first kappa shape index (κ1) is 15.8. The number of anilines is 1. The van der Waals surface area contributed by atoms with Gasteiger partial charge in [-0.25, -0.2) is 22.9 Å². The van der Waals surface area contributed by atoms with Crippen LogP contribution >= 0.6 is 0 Å². The number of carboxylic acids is 1. The third kappa shape index (κ3) is 2.87. The smallest absolute Gasteiger partial charge is 0.328 e. The standard InChI is InChI=1S/C13H12F3N3O3/c1-13(2,12(21)22)19-5-3-6-8(7(14)4-5)17-10(9(15)16)18-11(6)20/h3-4,9,19H,1-2H3,(H,21,22)(H,17,18,20). The number of H-pyrrole nitrogens is 1. The lowest BCUT2D eigenvalue weighted by Gasteiger charge is -2.22. The molecule has 0 aliphatic heterocycles. The van der Waals surface area contributed by atoms with Gasteiger partial charge in [0, 0.05) is 5.69 Å². The fourth-order valence-electron chi connectivity index (χ4n) is 1.81. The molecule has 1 heterocycles. The molecule has 3 N–H and O–H groups in total. The van der Waals surface area contributed by atoms with Crippen LogP contribution in [0.1, 0.15) is 26.1 Å². The largest absolute Gasteiger partial charge is 0.480 e. The summed E-state index contributed by atoms with van der Waals surface area (Å²) in [5, 5.41) is 11.3. The molecule has 22 heavy (non-hydrogen) atoms. The number of aromatic nitrogens is 2. The Labute approximate surface area is 122 Å². The zero-order valence-corrected chi connectivity index (χ0v) is 11.6. The molecule has 0 aliphatic rings. The quantitative estimate of drug-likeness (QED) is 0.804. The molecular formula is C13H12F3N3O3. The van der Waals surface area contributed by atoms with Crippen molar-refractivity contribution in [3.8, 4) is 0 Å². The van der Waals surface area contributed by atoms with Crippen molar-refractivity contribution in [2.45, 2.75) is 25.8 Å². The van der Waals surface area contributed by atoms with Crippen LogP contribution < -0.4 is 10.9 Å². The summed E-state index contributed by atoms with van der Waals surface area (Å²) in [7, 11) is 0. The Kier molecular flexibility index (Phi) is 3.82. The number of benzene rings is 1. The van der Waals surface area contributed by atoms with E-state index in [1.165, 1.54) is 13.8 Å². The number of alkyl halides is 2. The Bertz CT molecular complexity index is 802. The molecule has 0 spiro atoms. The van der Waals surface area contributed by atoms with Crippen molar-refractivity contribution in [3.63, 3.8) is 0 Å². The van der Waals surface area contributed by atoms with Gasteiger partial charge in [0.1, 0.15) is 11.1 Å². The van der Waals surface area contributed by atoms with Crippen molar-refractivity contribution < 1.29 is 23.1 Å². The molecular weight excluding hydrogens is 303 g/mol. The second kappa shape index (κ2) is 5.32. The molecule has 0 unspecified atom stereocenters. The third-order valence-electron chi connectivity index (χ3n) is 2.98. The lowest BCUT2D eigenvalue weighted by atomic mass is 10.1. The zero-order valence-electron chi connectivity index (χ0n) is 11.6. The van der Waals surface area contributed by atoms with E-state index in [0.717, 1.165) is 12.1 Å². The minimum absolute atomic E-state index is 0.0227. The Morgan fingerprint density at radius 2 is 2.05 bits per heavy atom. The van der Waals surface area contributed by atoms with Crippen molar-refractivity contribution in [1.29, 1.82) is 0 Å². The van der Waals surface area contributed by atoms with Crippen LogP contribution in [-0.2, 0) is 4.79 Å². The highest BCUT2D eigenvalue weighted by atomic mass is 19.3. The highest BCUT2D eigenvalue weighted by Gasteiger charge is 2.27. The van der Waals surface area contributed by atoms with Gasteiger partial charge in [-0.3, -0.25) is 4.79 Å². The van der Waals surface area contributed by atoms with E-state index in [4.69, 9.17) is 5.11 Å². The summed E-state index contributed by atoms with van der Waals surface area (Å²) in [6, 6.07) is 2.05. The molecule has 0 saturated carbocycles. The van der Waals surface area contributed by atoms with E-state index in [9.17, 15) is 22.8 Å². The van der Waals surface area contributed by atoms with Gasteiger partial charge >= 0.3 is 5.97 Å². The molecule has 2 rings (SSSR count). The van der Waals surface area contributed by atoms with E-state index in [1.54, 1.807) is 0 Å². The number of carboxylic acid groups (broad SMARTS) is 1. The lowest BCUT2D eigenvalue weighted by Crippen LogP contribution is -2.40. The summed E-state index contributed by atoms with van der Waals surface area (Å²) in [5.74, 6) is -3.12. The molecule has 0 atom stereocenters. The molecule has 6 nitrogen and oxygen atoms in total. The SMILES string of the molecule is CC(C)(Nc1cc(F)c2nc(C(F)F)[nH]c(=O)c2c1)C(=O)O. The molecule has 1 aromatic carbocycles. The highest BCUT2D eigenvalue weighted by Crippen LogP contribution is 2.23. The fourth-order valence-corrected chi connectivity index (χ4v) is 1.81. The molecule has 2 aromatic rings. The molecule has 9 heteroatoms. The second-order valence-corrected chi connectivity index (χ2v) is 5.16. The Balaban J connectivity index is 2.59. The van der Waals surface area contributed by atoms with Crippen LogP contribution in [0.25, 0.3) is 10.9 Å². The van der Waals surface area contributed by atoms with Crippen molar-refractivity contribution in [3.05, 3.63) is 34.1 Å². The predicted octanol–water partition coefficient (Wildman–Crippen LogP) is 2.27. The minimum Gasteiger partial charge on any atom is -0.480 e. The second-order valence-electron chi connectivity index (χ2n) is 5.16. The Morgan fingerprint density at radius 1 is 1.41 bits per heavy atom. The van der Waals surface area contributed by atoms with Crippen molar-refractivity contribution in [2.24, 2.45) is 0 Å². The van der Waals surface area contributed by atoms with Gasteiger partial charge in [0.2, 0.25) is 0 Å². The minimum atomic E-state index is -3.04. The topological polar surface area (TPSA) is 95.1 Å². The summed E-state index contributed by atoms with van der Waals surface area (Å²) in [6.07, 6.45) is -3.04. The summed E-state index contributed by atoms with van der Waals surface area (Å²) in [4.78, 5) is 28.1. The first-order chi connectivity index (χ1) is 10.1. The number of rotatable bonds is 4. The van der Waals surface area contributed by atoms with Crippen molar-refractivity contribution in [1.82, 2.24) is 9.97 Å². The fraction of sp³-hybridized carbons (Fsp3) is 0.308. The number of carbonyl (C=O) groups is 1. The average molecular weight is 315 g/mol. The third-order valence-corrected chi connectivity index (χ3v) is 2.98. The van der Waals surface area contributed by atoms with Crippen LogP contribution in [0.5, 0.6) is 0 Å². The number of nitrogens with zero attached hydrogens (tertiary/aromatic N) is 1. The molecule has 0 amide bonds. The van der Waals surface area contributed by atoms with Crippen LogP contribution in [0.3, 0.4) is 0 Å². The maximum atomic E-state index is 14.0. The van der Waals surface area contributed by atoms with E-state index >= 15 is 0 Å². The number of hydrogen-bond acceptors (Lipinski definition) is 4. The highest BCUT2D eigenvalue weighted by molar-refractivity contribution is 5.85. The van der Waals surface area contributed by atoms with Gasteiger partial charge in [0.25, 0.3) is 12.0 Å². The normalized spacial score (nSPS) is 11.9. The first-order valence-electron chi connectivity index (χ1n) is 6.15. The molecule has 0 aliphatic carbocycles. The molecule has 0 bridgehead atoms. The number of nitrogens with one attached hydrogen (secondary N) is 2. The van der Waals surface area contributed by atoms with Gasteiger partial charge in [0.05, 0.1) is 5.39 Å². The van der Waals surface area contributed by atoms with Crippen LogP contribution in [-0.4, -0.2) is 26.6 Å². The molecule has 1 aromatic heterocycles. The maximum absolute atomic E-state index is 14.0. The number of fused-ring (bicyclic) bond motifs is 1. The number of aliphatic carboxylic acids is 1. The summed E-state index contributed by atoms with van der Waals surface area (Å²) in [5.41, 5.74) is -2.83. The Morgan fingerprint density at radius 3 is 2.59 bits per heavy atom. The number of halogens is 3. The number of aromatic amines is 1. The van der Waals surface area contributed by atoms with Crippen LogP contribution in [0.4, 0.5) is 18.9 Å². The van der Waals surface area contributed by atoms with E-state index < -0.39 is 40.7 Å². The van der Waals surface area contributed by atoms with E-state index in [2.05, 4.69) is 10.3 Å². The van der Waals surface area contributed by atoms with Gasteiger partial charge in [-0.15, -0.1) is 0 Å². The maximum Gasteiger partial charge on any atom is 0.328 e. The summed E-state index contributed by atoms with van der Waals surface area (Å²) in [6.45, 7) is 2.69. The van der Waals surface area contributed by atoms with E-state index in [-0.39, 0.29) is 11.1 Å². The summed E-state index contributed by atoms with van der Waals surface area (Å²) >= 11 is 0.